The van der Waals surface area contributed by atoms with E-state index >= 15 is 0 Å². The highest BCUT2D eigenvalue weighted by molar-refractivity contribution is 6.13. The van der Waals surface area contributed by atoms with Crippen LogP contribution in [0.5, 0.6) is 11.5 Å². The Bertz CT molecular complexity index is 1450. The van der Waals surface area contributed by atoms with Gasteiger partial charge in [-0.05, 0) is 36.4 Å². The molecule has 0 atom stereocenters. The van der Waals surface area contributed by atoms with Crippen molar-refractivity contribution in [2.75, 3.05) is 0 Å². The van der Waals surface area contributed by atoms with E-state index in [1.807, 2.05) is 0 Å². The van der Waals surface area contributed by atoms with Gasteiger partial charge < -0.3 is 9.47 Å². The first-order valence-corrected chi connectivity index (χ1v) is 9.93. The molecule has 3 aromatic carbocycles. The van der Waals surface area contributed by atoms with Crippen molar-refractivity contribution < 1.29 is 37.3 Å². The van der Waals surface area contributed by atoms with Gasteiger partial charge in [0.25, 0.3) is 5.69 Å². The molecule has 0 amide bonds. The summed E-state index contributed by atoms with van der Waals surface area (Å²) in [6, 6.07) is 13.0. The minimum Gasteiger partial charge on any atom is -0.449 e. The molecule has 13 heteroatoms. The lowest BCUT2D eigenvalue weighted by Gasteiger charge is -2.11. The molecule has 0 aliphatic carbocycles. The van der Waals surface area contributed by atoms with Gasteiger partial charge in [0.05, 0.1) is 15.4 Å². The maximum absolute atomic E-state index is 13.0. The van der Waals surface area contributed by atoms with Gasteiger partial charge in [-0.15, -0.1) is 0 Å². The predicted octanol–water partition coefficient (Wildman–Crippen LogP) is 5.66. The minimum absolute atomic E-state index is 0.000329. The van der Waals surface area contributed by atoms with Gasteiger partial charge in [0.2, 0.25) is 11.6 Å². The Balaban J connectivity index is 1.66. The molecule has 0 fully saturated rings. The summed E-state index contributed by atoms with van der Waals surface area (Å²) < 4.78 is 49.6. The first-order valence-electron chi connectivity index (χ1n) is 9.93. The molecule has 1 aliphatic heterocycles. The molecule has 0 aromatic heterocycles. The van der Waals surface area contributed by atoms with Crippen LogP contribution in [0.1, 0.15) is 16.7 Å². The van der Waals surface area contributed by atoms with Crippen molar-refractivity contribution in [3.05, 3.63) is 109 Å². The first-order chi connectivity index (χ1) is 17.0. The van der Waals surface area contributed by atoms with Crippen molar-refractivity contribution in [2.24, 2.45) is 4.99 Å². The molecule has 0 spiro atoms. The van der Waals surface area contributed by atoms with Gasteiger partial charge in [-0.3, -0.25) is 20.2 Å². The molecule has 3 aromatic rings. The molecule has 36 heavy (non-hydrogen) atoms. The molecule has 0 radical (unpaired) electrons. The largest absolute Gasteiger partial charge is 0.449 e. The number of esters is 1. The number of carbonyl (C=O) groups is 1. The second kappa shape index (κ2) is 9.29. The van der Waals surface area contributed by atoms with Crippen molar-refractivity contribution in [1.29, 1.82) is 0 Å². The van der Waals surface area contributed by atoms with E-state index in [1.165, 1.54) is 48.5 Å². The molecular weight excluding hydrogens is 487 g/mol. The number of nitro benzene ring substituents is 2. The number of alkyl halides is 3. The van der Waals surface area contributed by atoms with Crippen LogP contribution in [-0.4, -0.2) is 21.7 Å². The van der Waals surface area contributed by atoms with Crippen LogP contribution in [0.3, 0.4) is 0 Å². The predicted molar refractivity (Wildman–Crippen MR) is 118 cm³/mol. The molecule has 10 nitrogen and oxygen atoms in total. The Morgan fingerprint density at radius 2 is 1.61 bits per heavy atom. The number of benzene rings is 3. The average Bonchev–Trinajstić information content (AvgIpc) is 3.19. The normalized spacial score (nSPS) is 14.4. The fourth-order valence-electron chi connectivity index (χ4n) is 3.14. The van der Waals surface area contributed by atoms with E-state index in [-0.39, 0.29) is 28.6 Å². The van der Waals surface area contributed by atoms with Crippen LogP contribution < -0.4 is 4.74 Å². The number of para-hydroxylation sites is 1. The highest BCUT2D eigenvalue weighted by Crippen LogP contribution is 2.39. The van der Waals surface area contributed by atoms with Crippen LogP contribution in [0.25, 0.3) is 6.08 Å². The van der Waals surface area contributed by atoms with E-state index in [0.29, 0.717) is 17.7 Å². The molecular formula is C23H12F3N3O7. The summed E-state index contributed by atoms with van der Waals surface area (Å²) in [5, 5.41) is 22.2. The lowest BCUT2D eigenvalue weighted by Crippen LogP contribution is -2.06. The molecule has 0 bridgehead atoms. The van der Waals surface area contributed by atoms with Crippen LogP contribution in [0.2, 0.25) is 0 Å². The number of hydrogen-bond donors (Lipinski definition) is 0. The van der Waals surface area contributed by atoms with Crippen LogP contribution in [0, 0.1) is 20.2 Å². The molecule has 0 N–H and O–H groups in total. The number of rotatable bonds is 6. The zero-order valence-electron chi connectivity index (χ0n) is 17.8. The fourth-order valence-corrected chi connectivity index (χ4v) is 3.14. The average molecular weight is 499 g/mol. The van der Waals surface area contributed by atoms with Gasteiger partial charge in [0.15, 0.2) is 5.70 Å². The quantitative estimate of drug-likeness (QED) is 0.185. The summed E-state index contributed by atoms with van der Waals surface area (Å²) >= 11 is 0. The number of halogens is 3. The second-order valence-corrected chi connectivity index (χ2v) is 7.22. The van der Waals surface area contributed by atoms with Gasteiger partial charge in [-0.2, -0.15) is 13.2 Å². The van der Waals surface area contributed by atoms with Crippen molar-refractivity contribution in [2.45, 2.75) is 6.18 Å². The third-order valence-corrected chi connectivity index (χ3v) is 4.86. The van der Waals surface area contributed by atoms with E-state index in [9.17, 15) is 38.2 Å². The topological polar surface area (TPSA) is 134 Å². The molecule has 1 heterocycles. The van der Waals surface area contributed by atoms with Crippen molar-refractivity contribution >= 4 is 29.3 Å². The van der Waals surface area contributed by atoms with Crippen molar-refractivity contribution in [3.8, 4) is 11.5 Å². The fraction of sp³-hybridized carbons (Fsp3) is 0.0435. The number of ether oxygens (including phenoxy) is 2. The summed E-state index contributed by atoms with van der Waals surface area (Å²) in [5.74, 6) is -1.38. The van der Waals surface area contributed by atoms with Crippen molar-refractivity contribution in [3.63, 3.8) is 0 Å². The number of nitro groups is 2. The van der Waals surface area contributed by atoms with Gasteiger partial charge in [-0.25, -0.2) is 9.79 Å². The van der Waals surface area contributed by atoms with Crippen molar-refractivity contribution in [1.82, 2.24) is 0 Å². The molecule has 1 aliphatic rings. The van der Waals surface area contributed by atoms with E-state index in [4.69, 9.17) is 9.47 Å². The van der Waals surface area contributed by atoms with Crippen LogP contribution >= 0.6 is 0 Å². The van der Waals surface area contributed by atoms with Gasteiger partial charge >= 0.3 is 17.8 Å². The molecule has 0 saturated heterocycles. The Kier molecular flexibility index (Phi) is 6.21. The Morgan fingerprint density at radius 1 is 0.917 bits per heavy atom. The smallest absolute Gasteiger partial charge is 0.416 e. The Labute approximate surface area is 199 Å². The summed E-state index contributed by atoms with van der Waals surface area (Å²) in [5.41, 5.74) is -1.90. The minimum atomic E-state index is -4.78. The lowest BCUT2D eigenvalue weighted by atomic mass is 10.1. The van der Waals surface area contributed by atoms with E-state index in [0.717, 1.165) is 6.07 Å². The maximum atomic E-state index is 13.0. The highest BCUT2D eigenvalue weighted by Gasteiger charge is 2.33. The van der Waals surface area contributed by atoms with Crippen LogP contribution in [0.15, 0.2) is 77.4 Å². The maximum Gasteiger partial charge on any atom is 0.416 e. The third-order valence-electron chi connectivity index (χ3n) is 4.86. The van der Waals surface area contributed by atoms with E-state index in [2.05, 4.69) is 4.99 Å². The highest BCUT2D eigenvalue weighted by atomic mass is 19.4. The zero-order valence-corrected chi connectivity index (χ0v) is 17.8. The van der Waals surface area contributed by atoms with E-state index in [1.54, 1.807) is 6.07 Å². The summed E-state index contributed by atoms with van der Waals surface area (Å²) in [6.07, 6.45) is -3.51. The third kappa shape index (κ3) is 5.04. The van der Waals surface area contributed by atoms with Gasteiger partial charge in [0.1, 0.15) is 5.75 Å². The monoisotopic (exact) mass is 499 g/mol. The Morgan fingerprint density at radius 3 is 2.25 bits per heavy atom. The van der Waals surface area contributed by atoms with Crippen LogP contribution in [0.4, 0.5) is 24.5 Å². The number of cyclic esters (lactones) is 1. The number of nitrogens with zero attached hydrogens (tertiary/aromatic N) is 3. The molecule has 4 rings (SSSR count). The van der Waals surface area contributed by atoms with E-state index < -0.39 is 39.0 Å². The summed E-state index contributed by atoms with van der Waals surface area (Å²) in [4.78, 5) is 37.0. The SMILES string of the molecule is O=C1OC(c2ccc([N+](=O)[O-])cc2)=N/C1=C\c1ccccc1Oc1ccc(C(F)(F)F)cc1[N+](=O)[O-]. The summed E-state index contributed by atoms with van der Waals surface area (Å²) in [6.45, 7) is 0. The van der Waals surface area contributed by atoms with Gasteiger partial charge in [0, 0.05) is 29.3 Å². The number of non-ortho nitro benzene ring substituents is 1. The summed E-state index contributed by atoms with van der Waals surface area (Å²) in [7, 11) is 0. The first kappa shape index (κ1) is 24.1. The zero-order chi connectivity index (χ0) is 26.0. The molecule has 0 unspecified atom stereocenters. The number of hydrogen-bond acceptors (Lipinski definition) is 8. The lowest BCUT2D eigenvalue weighted by molar-refractivity contribution is -0.385. The number of aliphatic imine (C=N–C) groups is 1. The molecule has 0 saturated carbocycles. The Hall–Kier alpha value is -5.07. The number of carbonyl (C=O) groups excluding carboxylic acids is 1. The van der Waals surface area contributed by atoms with Crippen LogP contribution in [-0.2, 0) is 15.7 Å². The van der Waals surface area contributed by atoms with Gasteiger partial charge in [-0.1, -0.05) is 18.2 Å². The molecule has 182 valence electrons. The second-order valence-electron chi connectivity index (χ2n) is 7.22. The standard InChI is InChI=1S/C23H12F3N3O7/c24-23(25,26)15-7-10-20(18(12-15)29(33)34)35-19-4-2-1-3-14(19)11-17-22(30)36-21(27-17)13-5-8-16(9-6-13)28(31)32/h1-12H/b17-11-.